The summed E-state index contributed by atoms with van der Waals surface area (Å²) in [5, 5.41) is 12.8. The van der Waals surface area contributed by atoms with Gasteiger partial charge in [-0.05, 0) is 50.3 Å². The lowest BCUT2D eigenvalue weighted by molar-refractivity contribution is -1.02. The summed E-state index contributed by atoms with van der Waals surface area (Å²) < 4.78 is 7.65. The first kappa shape index (κ1) is 18.8. The quantitative estimate of drug-likeness (QED) is 0.743. The summed E-state index contributed by atoms with van der Waals surface area (Å²) in [5.74, 6) is 1.82. The van der Waals surface area contributed by atoms with E-state index in [4.69, 9.17) is 4.74 Å². The average molecular weight is 361 g/mol. The van der Waals surface area contributed by atoms with Crippen LogP contribution in [0.4, 0.5) is 0 Å². The minimum atomic E-state index is -0.172. The topological polar surface area (TPSA) is 61.7 Å². The molecule has 2 aromatic rings. The summed E-state index contributed by atoms with van der Waals surface area (Å²) in [5.41, 5.74) is 0.986. The van der Waals surface area contributed by atoms with Crippen LogP contribution in [0.15, 0.2) is 24.3 Å². The smallest absolute Gasteiger partial charge is 0.214 e. The Morgan fingerprint density at radius 2 is 1.85 bits per heavy atom. The summed E-state index contributed by atoms with van der Waals surface area (Å²) in [4.78, 5) is 3.18. The molecule has 1 aromatic carbocycles. The minimum Gasteiger partial charge on any atom is -0.496 e. The number of ether oxygens (including phenoxy) is 1. The number of methoxy groups -OCH3 is 1. The summed E-state index contributed by atoms with van der Waals surface area (Å²) in [6.45, 7) is 14.4. The van der Waals surface area contributed by atoms with Gasteiger partial charge in [0.25, 0.3) is 0 Å². The standard InChI is InChI=1S/C19H30N6O/c1-6-23-11-13-24(14-12-23)17(15-9-7-8-10-16(15)26-5)18-20-21-22-25(18)19(2,3)4/h7-10,17H,6,11-14H2,1-5H3/p+2/t17-/m0/s1. The number of nitrogens with zero attached hydrogens (tertiary/aromatic N) is 4. The third kappa shape index (κ3) is 3.73. The maximum absolute atomic E-state index is 5.69. The molecule has 0 unspecified atom stereocenters. The number of quaternary nitrogens is 2. The molecule has 2 heterocycles. The van der Waals surface area contributed by atoms with Crippen LogP contribution in [0.3, 0.4) is 0 Å². The zero-order chi connectivity index (χ0) is 18.7. The third-order valence-corrected chi connectivity index (χ3v) is 5.34. The first-order valence-corrected chi connectivity index (χ1v) is 9.55. The van der Waals surface area contributed by atoms with Crippen LogP contribution in [0, 0.1) is 0 Å². The number of piperazine rings is 1. The van der Waals surface area contributed by atoms with Gasteiger partial charge in [0.15, 0.2) is 6.04 Å². The van der Waals surface area contributed by atoms with Gasteiger partial charge in [0.05, 0.1) is 24.8 Å². The Balaban J connectivity index is 2.05. The monoisotopic (exact) mass is 360 g/mol. The van der Waals surface area contributed by atoms with Crippen LogP contribution in [0.25, 0.3) is 0 Å². The maximum atomic E-state index is 5.69. The van der Waals surface area contributed by atoms with Crippen molar-refractivity contribution in [1.82, 2.24) is 20.2 Å². The number of hydrogen-bond acceptors (Lipinski definition) is 4. The molecule has 7 heteroatoms. The summed E-state index contributed by atoms with van der Waals surface area (Å²) in [6, 6.07) is 8.33. The molecule has 1 fully saturated rings. The van der Waals surface area contributed by atoms with E-state index in [0.717, 1.165) is 30.2 Å². The number of para-hydroxylation sites is 1. The fourth-order valence-electron chi connectivity index (χ4n) is 3.87. The van der Waals surface area contributed by atoms with Gasteiger partial charge in [0.1, 0.15) is 31.9 Å². The van der Waals surface area contributed by atoms with Crippen LogP contribution in [0.1, 0.15) is 45.1 Å². The molecule has 3 rings (SSSR count). The van der Waals surface area contributed by atoms with Gasteiger partial charge in [-0.1, -0.05) is 12.1 Å². The second-order valence-electron chi connectivity index (χ2n) is 8.06. The Bertz CT molecular complexity index is 715. The lowest BCUT2D eigenvalue weighted by Gasteiger charge is -2.35. The Morgan fingerprint density at radius 1 is 1.15 bits per heavy atom. The summed E-state index contributed by atoms with van der Waals surface area (Å²) in [7, 11) is 1.73. The van der Waals surface area contributed by atoms with Crippen molar-refractivity contribution in [2.75, 3.05) is 39.8 Å². The molecular weight excluding hydrogens is 328 g/mol. The largest absolute Gasteiger partial charge is 0.496 e. The lowest BCUT2D eigenvalue weighted by Crippen LogP contribution is -3.28. The SMILES string of the molecule is CC[NH+]1CC[NH+]([C@@H](c2ccccc2OC)c2nnnn2C(C)(C)C)CC1. The fraction of sp³-hybridized carbons (Fsp3) is 0.632. The second-order valence-corrected chi connectivity index (χ2v) is 8.06. The highest BCUT2D eigenvalue weighted by Crippen LogP contribution is 2.28. The van der Waals surface area contributed by atoms with Gasteiger partial charge in [0, 0.05) is 0 Å². The molecule has 1 aliphatic rings. The first-order chi connectivity index (χ1) is 12.5. The highest BCUT2D eigenvalue weighted by atomic mass is 16.5. The van der Waals surface area contributed by atoms with Gasteiger partial charge in [0.2, 0.25) is 5.82 Å². The van der Waals surface area contributed by atoms with Gasteiger partial charge in [-0.2, -0.15) is 0 Å². The molecule has 1 aliphatic heterocycles. The molecule has 2 N–H and O–H groups in total. The van der Waals surface area contributed by atoms with Crippen molar-refractivity contribution in [3.05, 3.63) is 35.7 Å². The number of benzene rings is 1. The van der Waals surface area contributed by atoms with Crippen molar-refractivity contribution in [1.29, 1.82) is 0 Å². The fourth-order valence-corrected chi connectivity index (χ4v) is 3.87. The number of rotatable bonds is 5. The van der Waals surface area contributed by atoms with Crippen molar-refractivity contribution in [2.24, 2.45) is 0 Å². The van der Waals surface area contributed by atoms with Crippen molar-refractivity contribution < 1.29 is 14.5 Å². The molecule has 7 nitrogen and oxygen atoms in total. The molecule has 1 saturated heterocycles. The van der Waals surface area contributed by atoms with Crippen molar-refractivity contribution in [3.8, 4) is 5.75 Å². The van der Waals surface area contributed by atoms with E-state index < -0.39 is 0 Å². The van der Waals surface area contributed by atoms with Crippen LogP contribution in [0.2, 0.25) is 0 Å². The van der Waals surface area contributed by atoms with Crippen LogP contribution in [-0.4, -0.2) is 60.0 Å². The number of likely N-dealkylation sites (N-methyl/N-ethyl adjacent to an activating group) is 1. The molecule has 0 amide bonds. The number of hydrogen-bond donors (Lipinski definition) is 2. The first-order valence-electron chi connectivity index (χ1n) is 9.55. The van der Waals surface area contributed by atoms with Crippen LogP contribution in [0.5, 0.6) is 5.75 Å². The van der Waals surface area contributed by atoms with Gasteiger partial charge in [-0.15, -0.1) is 5.10 Å². The molecule has 0 radical (unpaired) electrons. The van der Waals surface area contributed by atoms with Gasteiger partial charge < -0.3 is 14.5 Å². The van der Waals surface area contributed by atoms with E-state index in [2.05, 4.69) is 55.4 Å². The molecular formula is C19H32N6O+2. The van der Waals surface area contributed by atoms with E-state index >= 15 is 0 Å². The van der Waals surface area contributed by atoms with Crippen molar-refractivity contribution in [2.45, 2.75) is 39.3 Å². The molecule has 142 valence electrons. The highest BCUT2D eigenvalue weighted by molar-refractivity contribution is 5.37. The lowest BCUT2D eigenvalue weighted by atomic mass is 10.0. The molecule has 0 saturated carbocycles. The second kappa shape index (κ2) is 7.72. The molecule has 0 bridgehead atoms. The normalized spacial score (nSPS) is 22.2. The molecule has 1 aromatic heterocycles. The van der Waals surface area contributed by atoms with E-state index in [1.54, 1.807) is 12.0 Å². The number of nitrogens with one attached hydrogen (secondary N) is 2. The predicted molar refractivity (Wildman–Crippen MR) is 99.6 cm³/mol. The molecule has 26 heavy (non-hydrogen) atoms. The maximum Gasteiger partial charge on any atom is 0.214 e. The van der Waals surface area contributed by atoms with E-state index in [-0.39, 0.29) is 11.6 Å². The summed E-state index contributed by atoms with van der Waals surface area (Å²) >= 11 is 0. The van der Waals surface area contributed by atoms with Gasteiger partial charge in [-0.3, -0.25) is 0 Å². The van der Waals surface area contributed by atoms with Crippen LogP contribution >= 0.6 is 0 Å². The Kier molecular flexibility index (Phi) is 5.58. The minimum absolute atomic E-state index is 0.0683. The zero-order valence-electron chi connectivity index (χ0n) is 16.6. The van der Waals surface area contributed by atoms with Crippen LogP contribution in [-0.2, 0) is 5.54 Å². The predicted octanol–water partition coefficient (Wildman–Crippen LogP) is -0.671. The highest BCUT2D eigenvalue weighted by Gasteiger charge is 2.38. The summed E-state index contributed by atoms with van der Waals surface area (Å²) in [6.07, 6.45) is 0. The Labute approximate surface area is 155 Å². The van der Waals surface area contributed by atoms with Crippen molar-refractivity contribution >= 4 is 0 Å². The van der Waals surface area contributed by atoms with Gasteiger partial charge >= 0.3 is 0 Å². The molecule has 0 aliphatic carbocycles. The van der Waals surface area contributed by atoms with Crippen molar-refractivity contribution in [3.63, 3.8) is 0 Å². The van der Waals surface area contributed by atoms with Gasteiger partial charge in [-0.25, -0.2) is 4.68 Å². The van der Waals surface area contributed by atoms with E-state index in [1.807, 2.05) is 16.8 Å². The molecule has 0 spiro atoms. The number of aromatic nitrogens is 4. The third-order valence-electron chi connectivity index (χ3n) is 5.34. The van der Waals surface area contributed by atoms with Crippen LogP contribution < -0.4 is 14.5 Å². The van der Waals surface area contributed by atoms with E-state index in [0.29, 0.717) is 0 Å². The van der Waals surface area contributed by atoms with E-state index in [1.165, 1.54) is 24.5 Å². The Hall–Kier alpha value is -1.99. The molecule has 1 atom stereocenters. The zero-order valence-corrected chi connectivity index (χ0v) is 16.6. The van der Waals surface area contributed by atoms with E-state index in [9.17, 15) is 0 Å². The number of tetrazole rings is 1. The Morgan fingerprint density at radius 3 is 2.46 bits per heavy atom. The average Bonchev–Trinajstić information content (AvgIpc) is 3.13.